The summed E-state index contributed by atoms with van der Waals surface area (Å²) in [6.45, 7) is 12.8. The van der Waals surface area contributed by atoms with Crippen molar-refractivity contribution in [2.45, 2.75) is 40.2 Å². The normalized spacial score (nSPS) is 13.5. The molecule has 0 heterocycles. The number of rotatable bonds is 4. The van der Waals surface area contributed by atoms with Crippen molar-refractivity contribution in [1.29, 1.82) is 0 Å². The predicted octanol–water partition coefficient (Wildman–Crippen LogP) is 2.05. The lowest BCUT2D eigenvalue weighted by Crippen LogP contribution is -2.46. The number of hydrogen-bond acceptors (Lipinski definition) is 2. The number of methoxy groups -OCH3 is 1. The van der Waals surface area contributed by atoms with Gasteiger partial charge in [0.2, 0.25) is 0 Å². The summed E-state index contributed by atoms with van der Waals surface area (Å²) in [4.78, 5) is 0. The van der Waals surface area contributed by atoms with E-state index in [9.17, 15) is 0 Å². The molecule has 0 aromatic rings. The molecule has 0 fully saturated rings. The van der Waals surface area contributed by atoms with Crippen LogP contribution in [-0.2, 0) is 4.74 Å². The number of ether oxygens (including phenoxy) is 1. The Balaban J connectivity index is 3.75. The Morgan fingerprint density at radius 3 is 1.92 bits per heavy atom. The fraction of sp³-hybridized carbons (Fsp3) is 1.00. The molecule has 0 radical (unpaired) electrons. The topological polar surface area (TPSA) is 21.3 Å². The third kappa shape index (κ3) is 6.62. The molecule has 0 bridgehead atoms. The van der Waals surface area contributed by atoms with Crippen LogP contribution in [0.15, 0.2) is 0 Å². The first-order chi connectivity index (χ1) is 5.27. The zero-order valence-corrected chi connectivity index (χ0v) is 9.32. The van der Waals surface area contributed by atoms with Crippen LogP contribution in [0.3, 0.4) is 0 Å². The van der Waals surface area contributed by atoms with Crippen LogP contribution in [-0.4, -0.2) is 25.8 Å². The smallest absolute Gasteiger partial charge is 0.0639 e. The fourth-order valence-electron chi connectivity index (χ4n) is 0.916. The molecule has 0 amide bonds. The minimum Gasteiger partial charge on any atom is -0.383 e. The summed E-state index contributed by atoms with van der Waals surface area (Å²) >= 11 is 0. The van der Waals surface area contributed by atoms with Gasteiger partial charge >= 0.3 is 0 Å². The summed E-state index contributed by atoms with van der Waals surface area (Å²) in [6.07, 6.45) is 0. The van der Waals surface area contributed by atoms with Crippen LogP contribution in [0.2, 0.25) is 0 Å². The molecule has 0 spiro atoms. The molecule has 0 atom stereocenters. The van der Waals surface area contributed by atoms with Crippen molar-refractivity contribution in [3.05, 3.63) is 0 Å². The van der Waals surface area contributed by atoms with E-state index in [0.29, 0.717) is 5.41 Å². The van der Waals surface area contributed by atoms with Gasteiger partial charge in [-0.1, -0.05) is 20.8 Å². The van der Waals surface area contributed by atoms with E-state index in [-0.39, 0.29) is 5.54 Å². The second-order valence-corrected chi connectivity index (χ2v) is 5.23. The first-order valence-corrected chi connectivity index (χ1v) is 4.51. The Morgan fingerprint density at radius 2 is 1.58 bits per heavy atom. The van der Waals surface area contributed by atoms with Gasteiger partial charge in [-0.25, -0.2) is 0 Å². The first-order valence-electron chi connectivity index (χ1n) is 4.51. The van der Waals surface area contributed by atoms with Crippen molar-refractivity contribution < 1.29 is 4.74 Å². The van der Waals surface area contributed by atoms with Gasteiger partial charge in [-0.3, -0.25) is 0 Å². The molecule has 2 nitrogen and oxygen atoms in total. The Bertz CT molecular complexity index is 124. The van der Waals surface area contributed by atoms with Crippen LogP contribution < -0.4 is 5.32 Å². The molecule has 0 aromatic carbocycles. The highest BCUT2D eigenvalue weighted by Crippen LogP contribution is 2.13. The third-order valence-electron chi connectivity index (χ3n) is 1.60. The lowest BCUT2D eigenvalue weighted by atomic mass is 9.95. The lowest BCUT2D eigenvalue weighted by molar-refractivity contribution is 0.121. The van der Waals surface area contributed by atoms with Crippen molar-refractivity contribution in [2.24, 2.45) is 5.41 Å². The van der Waals surface area contributed by atoms with Gasteiger partial charge in [0, 0.05) is 19.2 Å². The minimum absolute atomic E-state index is 0.0853. The quantitative estimate of drug-likeness (QED) is 0.702. The monoisotopic (exact) mass is 173 g/mol. The van der Waals surface area contributed by atoms with Crippen molar-refractivity contribution in [1.82, 2.24) is 5.32 Å². The molecule has 0 aromatic heterocycles. The van der Waals surface area contributed by atoms with Crippen molar-refractivity contribution in [3.8, 4) is 0 Å². The molecule has 0 aliphatic carbocycles. The molecule has 0 rings (SSSR count). The molecule has 0 saturated heterocycles. The van der Waals surface area contributed by atoms with E-state index in [0.717, 1.165) is 13.2 Å². The number of hydrogen-bond donors (Lipinski definition) is 1. The molecular formula is C10H23NO. The molecule has 0 aliphatic heterocycles. The standard InChI is InChI=1S/C10H23NO/c1-9(2,3)7-11-10(4,5)8-12-6/h11H,7-8H2,1-6H3. The zero-order chi connectivity index (χ0) is 9.83. The van der Waals surface area contributed by atoms with Gasteiger partial charge in [0.15, 0.2) is 0 Å². The minimum atomic E-state index is 0.0853. The Hall–Kier alpha value is -0.0800. The Kier molecular flexibility index (Phi) is 4.21. The van der Waals surface area contributed by atoms with E-state index in [1.165, 1.54) is 0 Å². The largest absolute Gasteiger partial charge is 0.383 e. The van der Waals surface area contributed by atoms with Crippen LogP contribution in [0, 0.1) is 5.41 Å². The fourth-order valence-corrected chi connectivity index (χ4v) is 0.916. The van der Waals surface area contributed by atoms with Gasteiger partial charge in [0.05, 0.1) is 6.61 Å². The van der Waals surface area contributed by atoms with Crippen molar-refractivity contribution >= 4 is 0 Å². The van der Waals surface area contributed by atoms with E-state index in [1.54, 1.807) is 7.11 Å². The van der Waals surface area contributed by atoms with Gasteiger partial charge in [0.1, 0.15) is 0 Å². The predicted molar refractivity (Wildman–Crippen MR) is 53.4 cm³/mol. The van der Waals surface area contributed by atoms with E-state index >= 15 is 0 Å². The third-order valence-corrected chi connectivity index (χ3v) is 1.60. The van der Waals surface area contributed by atoms with Gasteiger partial charge in [0.25, 0.3) is 0 Å². The van der Waals surface area contributed by atoms with Crippen molar-refractivity contribution in [2.75, 3.05) is 20.3 Å². The first kappa shape index (κ1) is 11.9. The number of nitrogens with one attached hydrogen (secondary N) is 1. The second-order valence-electron chi connectivity index (χ2n) is 5.23. The van der Waals surface area contributed by atoms with Crippen molar-refractivity contribution in [3.63, 3.8) is 0 Å². The second kappa shape index (κ2) is 4.24. The van der Waals surface area contributed by atoms with E-state index in [2.05, 4.69) is 39.9 Å². The molecular weight excluding hydrogens is 150 g/mol. The summed E-state index contributed by atoms with van der Waals surface area (Å²) < 4.78 is 5.11. The van der Waals surface area contributed by atoms with Crippen LogP contribution in [0.5, 0.6) is 0 Å². The molecule has 12 heavy (non-hydrogen) atoms. The molecule has 1 N–H and O–H groups in total. The van der Waals surface area contributed by atoms with Crippen LogP contribution >= 0.6 is 0 Å². The van der Waals surface area contributed by atoms with Gasteiger partial charge in [-0.05, 0) is 19.3 Å². The van der Waals surface area contributed by atoms with Crippen LogP contribution in [0.1, 0.15) is 34.6 Å². The molecule has 2 heteroatoms. The average molecular weight is 173 g/mol. The highest BCUT2D eigenvalue weighted by atomic mass is 16.5. The molecule has 0 aliphatic rings. The summed E-state index contributed by atoms with van der Waals surface area (Å²) in [5.74, 6) is 0. The van der Waals surface area contributed by atoms with Gasteiger partial charge in [-0.2, -0.15) is 0 Å². The van der Waals surface area contributed by atoms with E-state index < -0.39 is 0 Å². The molecule has 0 unspecified atom stereocenters. The Labute approximate surface area is 76.7 Å². The average Bonchev–Trinajstić information content (AvgIpc) is 1.83. The summed E-state index contributed by atoms with van der Waals surface area (Å²) in [6, 6.07) is 0. The van der Waals surface area contributed by atoms with Crippen LogP contribution in [0.4, 0.5) is 0 Å². The highest BCUT2D eigenvalue weighted by Gasteiger charge is 2.19. The zero-order valence-electron chi connectivity index (χ0n) is 9.32. The van der Waals surface area contributed by atoms with Crippen LogP contribution in [0.25, 0.3) is 0 Å². The maximum Gasteiger partial charge on any atom is 0.0639 e. The summed E-state index contributed by atoms with van der Waals surface area (Å²) in [7, 11) is 1.74. The molecule has 0 saturated carbocycles. The SMILES string of the molecule is COCC(C)(C)NCC(C)(C)C. The molecule has 74 valence electrons. The summed E-state index contributed by atoms with van der Waals surface area (Å²) in [5.41, 5.74) is 0.424. The maximum atomic E-state index is 5.11. The summed E-state index contributed by atoms with van der Waals surface area (Å²) in [5, 5.41) is 3.47. The van der Waals surface area contributed by atoms with E-state index in [4.69, 9.17) is 4.74 Å². The maximum absolute atomic E-state index is 5.11. The van der Waals surface area contributed by atoms with E-state index in [1.807, 2.05) is 0 Å². The van der Waals surface area contributed by atoms with Gasteiger partial charge < -0.3 is 10.1 Å². The lowest BCUT2D eigenvalue weighted by Gasteiger charge is -2.30. The Morgan fingerprint density at radius 1 is 1.08 bits per heavy atom. The highest BCUT2D eigenvalue weighted by molar-refractivity contribution is 4.79. The van der Waals surface area contributed by atoms with Gasteiger partial charge in [-0.15, -0.1) is 0 Å².